The van der Waals surface area contributed by atoms with Crippen molar-refractivity contribution in [2.75, 3.05) is 18.5 Å². The van der Waals surface area contributed by atoms with Crippen LogP contribution in [0, 0.1) is 17.8 Å². The van der Waals surface area contributed by atoms with Gasteiger partial charge in [0.25, 0.3) is 0 Å². The molecule has 0 aliphatic heterocycles. The molecular weight excluding hydrogens is 208 g/mol. The number of benzene rings is 1. The molecule has 1 aromatic rings. The molecule has 2 aliphatic carbocycles. The standard InChI is InChI=1S/C15H22N2/c1-17(13-5-3-2-4-6-13)10-14-11-7-8-12(9-11)15(14)16/h2-6,11-12,14-15H,7-10,16H2,1H3. The van der Waals surface area contributed by atoms with Crippen molar-refractivity contribution in [3.63, 3.8) is 0 Å². The third-order valence-corrected chi connectivity index (χ3v) is 4.84. The van der Waals surface area contributed by atoms with Gasteiger partial charge in [-0.2, -0.15) is 0 Å². The zero-order valence-electron chi connectivity index (χ0n) is 10.5. The van der Waals surface area contributed by atoms with Gasteiger partial charge in [-0.15, -0.1) is 0 Å². The molecule has 3 rings (SSSR count). The predicted molar refractivity (Wildman–Crippen MR) is 72.0 cm³/mol. The smallest absolute Gasteiger partial charge is 0.0363 e. The van der Waals surface area contributed by atoms with E-state index < -0.39 is 0 Å². The SMILES string of the molecule is CN(CC1C2CCC(C2)C1N)c1ccccc1. The first-order valence-electron chi connectivity index (χ1n) is 6.77. The number of hydrogen-bond acceptors (Lipinski definition) is 2. The van der Waals surface area contributed by atoms with E-state index in [4.69, 9.17) is 5.73 Å². The van der Waals surface area contributed by atoms with Crippen molar-refractivity contribution in [3.05, 3.63) is 30.3 Å². The highest BCUT2D eigenvalue weighted by atomic mass is 15.1. The van der Waals surface area contributed by atoms with Crippen LogP contribution >= 0.6 is 0 Å². The minimum absolute atomic E-state index is 0.444. The van der Waals surface area contributed by atoms with Crippen LogP contribution in [0.5, 0.6) is 0 Å². The van der Waals surface area contributed by atoms with Gasteiger partial charge in [0.05, 0.1) is 0 Å². The topological polar surface area (TPSA) is 29.3 Å². The molecule has 2 nitrogen and oxygen atoms in total. The summed E-state index contributed by atoms with van der Waals surface area (Å²) in [4.78, 5) is 2.37. The maximum Gasteiger partial charge on any atom is 0.0363 e. The average Bonchev–Trinajstić information content (AvgIpc) is 2.94. The van der Waals surface area contributed by atoms with E-state index in [1.54, 1.807) is 0 Å². The molecule has 2 fully saturated rings. The largest absolute Gasteiger partial charge is 0.374 e. The zero-order valence-corrected chi connectivity index (χ0v) is 10.5. The minimum atomic E-state index is 0.444. The number of para-hydroxylation sites is 1. The fourth-order valence-electron chi connectivity index (χ4n) is 3.83. The van der Waals surface area contributed by atoms with Gasteiger partial charge in [-0.05, 0) is 49.1 Å². The van der Waals surface area contributed by atoms with Crippen molar-refractivity contribution < 1.29 is 0 Å². The van der Waals surface area contributed by atoms with Crippen molar-refractivity contribution in [1.29, 1.82) is 0 Å². The van der Waals surface area contributed by atoms with E-state index >= 15 is 0 Å². The van der Waals surface area contributed by atoms with E-state index in [1.165, 1.54) is 24.9 Å². The van der Waals surface area contributed by atoms with Crippen LogP contribution in [-0.2, 0) is 0 Å². The Morgan fingerprint density at radius 3 is 2.53 bits per heavy atom. The molecule has 0 aromatic heterocycles. The van der Waals surface area contributed by atoms with Gasteiger partial charge in [-0.1, -0.05) is 18.2 Å². The van der Waals surface area contributed by atoms with Crippen molar-refractivity contribution in [2.24, 2.45) is 23.5 Å². The normalized spacial score (nSPS) is 35.2. The van der Waals surface area contributed by atoms with Crippen LogP contribution in [0.25, 0.3) is 0 Å². The summed E-state index contributed by atoms with van der Waals surface area (Å²) in [6.07, 6.45) is 4.16. The second-order valence-corrected chi connectivity index (χ2v) is 5.79. The molecule has 92 valence electrons. The molecule has 2 saturated carbocycles. The Bertz CT molecular complexity index is 374. The fourth-order valence-corrected chi connectivity index (χ4v) is 3.83. The van der Waals surface area contributed by atoms with Crippen molar-refractivity contribution in [2.45, 2.75) is 25.3 Å². The quantitative estimate of drug-likeness (QED) is 0.864. The Hall–Kier alpha value is -1.02. The Kier molecular flexibility index (Phi) is 2.83. The molecule has 0 saturated heterocycles. The molecule has 1 aromatic carbocycles. The van der Waals surface area contributed by atoms with Gasteiger partial charge in [0.2, 0.25) is 0 Å². The Morgan fingerprint density at radius 1 is 1.18 bits per heavy atom. The summed E-state index contributed by atoms with van der Waals surface area (Å²) in [6, 6.07) is 11.1. The predicted octanol–water partition coefficient (Wildman–Crippen LogP) is 2.50. The third-order valence-electron chi connectivity index (χ3n) is 4.84. The molecule has 2 aliphatic rings. The Morgan fingerprint density at radius 2 is 1.88 bits per heavy atom. The maximum atomic E-state index is 6.36. The highest BCUT2D eigenvalue weighted by Gasteiger charge is 2.45. The molecule has 0 heterocycles. The molecule has 2 N–H and O–H groups in total. The lowest BCUT2D eigenvalue weighted by molar-refractivity contribution is 0.293. The number of anilines is 1. The molecule has 0 amide bonds. The summed E-state index contributed by atoms with van der Waals surface area (Å²) >= 11 is 0. The number of hydrogen-bond donors (Lipinski definition) is 1. The molecule has 0 radical (unpaired) electrons. The fraction of sp³-hybridized carbons (Fsp3) is 0.600. The first-order valence-corrected chi connectivity index (χ1v) is 6.77. The van der Waals surface area contributed by atoms with Gasteiger partial charge in [-0.3, -0.25) is 0 Å². The van der Waals surface area contributed by atoms with Gasteiger partial charge < -0.3 is 10.6 Å². The summed E-state index contributed by atoms with van der Waals surface area (Å²) in [6.45, 7) is 1.12. The van der Waals surface area contributed by atoms with E-state index in [0.29, 0.717) is 12.0 Å². The minimum Gasteiger partial charge on any atom is -0.374 e. The lowest BCUT2D eigenvalue weighted by atomic mass is 9.84. The molecule has 4 atom stereocenters. The molecule has 0 spiro atoms. The number of rotatable bonds is 3. The number of nitrogens with two attached hydrogens (primary N) is 1. The van der Waals surface area contributed by atoms with E-state index in [0.717, 1.165) is 18.4 Å². The van der Waals surface area contributed by atoms with Gasteiger partial charge in [-0.25, -0.2) is 0 Å². The molecule has 2 heteroatoms. The van der Waals surface area contributed by atoms with Crippen LogP contribution in [0.1, 0.15) is 19.3 Å². The highest BCUT2D eigenvalue weighted by Crippen LogP contribution is 2.47. The molecule has 2 bridgehead atoms. The molecule has 17 heavy (non-hydrogen) atoms. The zero-order chi connectivity index (χ0) is 11.8. The maximum absolute atomic E-state index is 6.36. The molecule has 4 unspecified atom stereocenters. The molecular formula is C15H22N2. The van der Waals surface area contributed by atoms with Crippen molar-refractivity contribution in [1.82, 2.24) is 0 Å². The average molecular weight is 230 g/mol. The summed E-state index contributed by atoms with van der Waals surface area (Å²) in [7, 11) is 2.19. The van der Waals surface area contributed by atoms with E-state index in [-0.39, 0.29) is 0 Å². The van der Waals surface area contributed by atoms with Crippen LogP contribution in [0.15, 0.2) is 30.3 Å². The van der Waals surface area contributed by atoms with Gasteiger partial charge in [0, 0.05) is 25.3 Å². The van der Waals surface area contributed by atoms with Crippen LogP contribution in [-0.4, -0.2) is 19.6 Å². The lowest BCUT2D eigenvalue weighted by Crippen LogP contribution is -2.41. The number of fused-ring (bicyclic) bond motifs is 2. The second kappa shape index (κ2) is 4.34. The summed E-state index contributed by atoms with van der Waals surface area (Å²) in [5.41, 5.74) is 7.67. The van der Waals surface area contributed by atoms with Gasteiger partial charge in [0.15, 0.2) is 0 Å². The summed E-state index contributed by atoms with van der Waals surface area (Å²) in [5.74, 6) is 2.41. The Labute approximate surface area is 104 Å². The summed E-state index contributed by atoms with van der Waals surface area (Å²) in [5, 5.41) is 0. The van der Waals surface area contributed by atoms with Crippen LogP contribution < -0.4 is 10.6 Å². The highest BCUT2D eigenvalue weighted by molar-refractivity contribution is 5.45. The van der Waals surface area contributed by atoms with Crippen LogP contribution in [0.3, 0.4) is 0 Å². The van der Waals surface area contributed by atoms with Crippen molar-refractivity contribution >= 4 is 5.69 Å². The van der Waals surface area contributed by atoms with E-state index in [1.807, 2.05) is 0 Å². The monoisotopic (exact) mass is 230 g/mol. The summed E-state index contributed by atoms with van der Waals surface area (Å²) < 4.78 is 0. The third kappa shape index (κ3) is 1.95. The van der Waals surface area contributed by atoms with Crippen LogP contribution in [0.4, 0.5) is 5.69 Å². The van der Waals surface area contributed by atoms with Crippen molar-refractivity contribution in [3.8, 4) is 0 Å². The second-order valence-electron chi connectivity index (χ2n) is 5.79. The first kappa shape index (κ1) is 11.1. The van der Waals surface area contributed by atoms with Gasteiger partial charge in [0.1, 0.15) is 0 Å². The van der Waals surface area contributed by atoms with E-state index in [9.17, 15) is 0 Å². The van der Waals surface area contributed by atoms with Crippen LogP contribution in [0.2, 0.25) is 0 Å². The lowest BCUT2D eigenvalue weighted by Gasteiger charge is -2.32. The Balaban J connectivity index is 1.68. The van der Waals surface area contributed by atoms with E-state index in [2.05, 4.69) is 42.3 Å². The first-order chi connectivity index (χ1) is 8.25. The number of nitrogens with zero attached hydrogens (tertiary/aromatic N) is 1. The van der Waals surface area contributed by atoms with Gasteiger partial charge >= 0.3 is 0 Å².